The van der Waals surface area contributed by atoms with E-state index in [2.05, 4.69) is 10.0 Å². The minimum Gasteiger partial charge on any atom is -0.309 e. The highest BCUT2D eigenvalue weighted by Gasteiger charge is 2.17. The first kappa shape index (κ1) is 14.5. The van der Waals surface area contributed by atoms with E-state index in [1.165, 1.54) is 17.2 Å². The number of sulfonamides is 1. The topological polar surface area (TPSA) is 58.2 Å². The molecule has 1 aliphatic rings. The first-order valence-corrected chi connectivity index (χ1v) is 8.48. The van der Waals surface area contributed by atoms with Gasteiger partial charge in [0.15, 0.2) is 0 Å². The molecule has 0 aromatic heterocycles. The smallest absolute Gasteiger partial charge is 0.242 e. The second kappa shape index (κ2) is 5.77. The third-order valence-electron chi connectivity index (χ3n) is 3.49. The van der Waals surface area contributed by atoms with Crippen LogP contribution in [0.2, 0.25) is 5.02 Å². The maximum absolute atomic E-state index is 12.3. The first-order chi connectivity index (χ1) is 10.1. The van der Waals surface area contributed by atoms with E-state index in [0.29, 0.717) is 0 Å². The van der Waals surface area contributed by atoms with Crippen molar-refractivity contribution in [2.24, 2.45) is 0 Å². The lowest BCUT2D eigenvalue weighted by molar-refractivity contribution is 0.581. The SMILES string of the molecule is O=S(=O)(NCc1ccc2c(c1)CNC2)c1ccccc1Cl. The van der Waals surface area contributed by atoms with Crippen LogP contribution in [0.15, 0.2) is 47.4 Å². The van der Waals surface area contributed by atoms with Gasteiger partial charge in [0, 0.05) is 19.6 Å². The minimum absolute atomic E-state index is 0.106. The molecule has 0 fully saturated rings. The molecule has 0 bridgehead atoms. The van der Waals surface area contributed by atoms with Gasteiger partial charge in [0.2, 0.25) is 10.0 Å². The van der Waals surface area contributed by atoms with E-state index in [1.807, 2.05) is 18.2 Å². The molecule has 110 valence electrons. The van der Waals surface area contributed by atoms with Crippen molar-refractivity contribution in [1.29, 1.82) is 0 Å². The molecule has 2 N–H and O–H groups in total. The lowest BCUT2D eigenvalue weighted by Crippen LogP contribution is -2.23. The van der Waals surface area contributed by atoms with Gasteiger partial charge in [-0.2, -0.15) is 0 Å². The van der Waals surface area contributed by atoms with Crippen molar-refractivity contribution in [3.05, 3.63) is 64.2 Å². The van der Waals surface area contributed by atoms with Gasteiger partial charge in [0.1, 0.15) is 4.90 Å². The summed E-state index contributed by atoms with van der Waals surface area (Å²) < 4.78 is 27.1. The third-order valence-corrected chi connectivity index (χ3v) is 5.40. The van der Waals surface area contributed by atoms with Crippen LogP contribution >= 0.6 is 11.6 Å². The predicted molar refractivity (Wildman–Crippen MR) is 82.5 cm³/mol. The van der Waals surface area contributed by atoms with Gasteiger partial charge in [0.25, 0.3) is 0 Å². The van der Waals surface area contributed by atoms with E-state index in [1.54, 1.807) is 18.2 Å². The zero-order valence-electron chi connectivity index (χ0n) is 11.3. The number of rotatable bonds is 4. The third kappa shape index (κ3) is 3.11. The molecule has 21 heavy (non-hydrogen) atoms. The Hall–Kier alpha value is -1.40. The summed E-state index contributed by atoms with van der Waals surface area (Å²) in [5.74, 6) is 0. The van der Waals surface area contributed by atoms with Crippen molar-refractivity contribution in [2.45, 2.75) is 24.5 Å². The largest absolute Gasteiger partial charge is 0.309 e. The number of benzene rings is 2. The number of halogens is 1. The van der Waals surface area contributed by atoms with E-state index in [0.717, 1.165) is 18.7 Å². The fourth-order valence-corrected chi connectivity index (χ4v) is 3.91. The van der Waals surface area contributed by atoms with Crippen LogP contribution in [0.25, 0.3) is 0 Å². The normalized spacial score (nSPS) is 14.1. The second-order valence-corrected chi connectivity index (χ2v) is 7.10. The van der Waals surface area contributed by atoms with Crippen LogP contribution < -0.4 is 10.0 Å². The van der Waals surface area contributed by atoms with E-state index in [4.69, 9.17) is 11.6 Å². The minimum atomic E-state index is -3.60. The Morgan fingerprint density at radius 3 is 2.67 bits per heavy atom. The molecular formula is C15H15ClN2O2S. The van der Waals surface area contributed by atoms with Gasteiger partial charge in [-0.1, -0.05) is 41.9 Å². The number of nitrogens with one attached hydrogen (secondary N) is 2. The molecule has 2 aromatic rings. The average Bonchev–Trinajstić information content (AvgIpc) is 2.93. The zero-order chi connectivity index (χ0) is 14.9. The lowest BCUT2D eigenvalue weighted by atomic mass is 10.1. The van der Waals surface area contributed by atoms with Gasteiger partial charge >= 0.3 is 0 Å². The standard InChI is InChI=1S/C15H15ClN2O2S/c16-14-3-1-2-4-15(14)21(19,20)18-8-11-5-6-12-9-17-10-13(12)7-11/h1-7,17-18H,8-10H2. The van der Waals surface area contributed by atoms with Gasteiger partial charge in [-0.3, -0.25) is 0 Å². The summed E-state index contributed by atoms with van der Waals surface area (Å²) in [4.78, 5) is 0.106. The van der Waals surface area contributed by atoms with E-state index in [9.17, 15) is 8.42 Å². The fraction of sp³-hybridized carbons (Fsp3) is 0.200. The van der Waals surface area contributed by atoms with Crippen molar-refractivity contribution in [3.63, 3.8) is 0 Å². The van der Waals surface area contributed by atoms with Gasteiger partial charge in [-0.25, -0.2) is 13.1 Å². The molecular weight excluding hydrogens is 308 g/mol. The molecule has 1 aliphatic heterocycles. The molecule has 2 aromatic carbocycles. The van der Waals surface area contributed by atoms with Crippen molar-refractivity contribution in [2.75, 3.05) is 0 Å². The summed E-state index contributed by atoms with van der Waals surface area (Å²) >= 11 is 5.94. The quantitative estimate of drug-likeness (QED) is 0.909. The first-order valence-electron chi connectivity index (χ1n) is 6.62. The summed E-state index contributed by atoms with van der Waals surface area (Å²) in [6, 6.07) is 12.4. The monoisotopic (exact) mass is 322 g/mol. The van der Waals surface area contributed by atoms with Gasteiger partial charge in [-0.15, -0.1) is 0 Å². The van der Waals surface area contributed by atoms with Crippen molar-refractivity contribution >= 4 is 21.6 Å². The number of fused-ring (bicyclic) bond motifs is 1. The van der Waals surface area contributed by atoms with Crippen molar-refractivity contribution in [3.8, 4) is 0 Å². The highest BCUT2D eigenvalue weighted by molar-refractivity contribution is 7.89. The molecule has 6 heteroatoms. The average molecular weight is 323 g/mol. The molecule has 0 unspecified atom stereocenters. The summed E-state index contributed by atoms with van der Waals surface area (Å²) in [6.07, 6.45) is 0. The predicted octanol–water partition coefficient (Wildman–Crippen LogP) is 2.42. The highest BCUT2D eigenvalue weighted by atomic mass is 35.5. The molecule has 0 amide bonds. The maximum atomic E-state index is 12.3. The van der Waals surface area contributed by atoms with Crippen LogP contribution in [0.1, 0.15) is 16.7 Å². The van der Waals surface area contributed by atoms with Gasteiger partial charge in [-0.05, 0) is 28.8 Å². The van der Waals surface area contributed by atoms with Gasteiger partial charge < -0.3 is 5.32 Å². The van der Waals surface area contributed by atoms with Crippen molar-refractivity contribution < 1.29 is 8.42 Å². The maximum Gasteiger partial charge on any atom is 0.242 e. The summed E-state index contributed by atoms with van der Waals surface area (Å²) in [7, 11) is -3.60. The lowest BCUT2D eigenvalue weighted by Gasteiger charge is -2.09. The van der Waals surface area contributed by atoms with E-state index < -0.39 is 10.0 Å². The van der Waals surface area contributed by atoms with Crippen LogP contribution in [-0.2, 0) is 29.7 Å². The van der Waals surface area contributed by atoms with Crippen LogP contribution in [0, 0.1) is 0 Å². The molecule has 0 radical (unpaired) electrons. The molecule has 0 atom stereocenters. The fourth-order valence-electron chi connectivity index (χ4n) is 2.38. The molecule has 0 spiro atoms. The van der Waals surface area contributed by atoms with E-state index >= 15 is 0 Å². The second-order valence-electron chi connectivity index (χ2n) is 4.96. The Bertz CT molecular complexity index is 775. The number of hydrogen-bond acceptors (Lipinski definition) is 3. The Morgan fingerprint density at radius 1 is 1.10 bits per heavy atom. The molecule has 4 nitrogen and oxygen atoms in total. The van der Waals surface area contributed by atoms with Crippen molar-refractivity contribution in [1.82, 2.24) is 10.0 Å². The molecule has 1 heterocycles. The summed E-state index contributed by atoms with van der Waals surface area (Å²) in [6.45, 7) is 1.96. The Kier molecular flexibility index (Phi) is 3.99. The Morgan fingerprint density at radius 2 is 1.86 bits per heavy atom. The summed E-state index contributed by atoms with van der Waals surface area (Å²) in [5.41, 5.74) is 3.44. The Balaban J connectivity index is 1.77. The van der Waals surface area contributed by atoms with E-state index in [-0.39, 0.29) is 16.5 Å². The Labute approximate surface area is 129 Å². The summed E-state index contributed by atoms with van der Waals surface area (Å²) in [5, 5.41) is 3.49. The molecule has 0 saturated carbocycles. The molecule has 0 saturated heterocycles. The van der Waals surface area contributed by atoms with Crippen LogP contribution in [-0.4, -0.2) is 8.42 Å². The number of hydrogen-bond donors (Lipinski definition) is 2. The van der Waals surface area contributed by atoms with Crippen LogP contribution in [0.5, 0.6) is 0 Å². The van der Waals surface area contributed by atoms with Crippen LogP contribution in [0.4, 0.5) is 0 Å². The molecule has 0 aliphatic carbocycles. The van der Waals surface area contributed by atoms with Gasteiger partial charge in [0.05, 0.1) is 5.02 Å². The highest BCUT2D eigenvalue weighted by Crippen LogP contribution is 2.21. The van der Waals surface area contributed by atoms with Crippen LogP contribution in [0.3, 0.4) is 0 Å². The molecule has 3 rings (SSSR count). The zero-order valence-corrected chi connectivity index (χ0v) is 12.8.